The number of sulfone groups is 2. The molecule has 2 fully saturated rings. The molecule has 0 atom stereocenters. The van der Waals surface area contributed by atoms with Crippen molar-refractivity contribution in [3.63, 3.8) is 0 Å². The summed E-state index contributed by atoms with van der Waals surface area (Å²) in [5.41, 5.74) is -0.377. The summed E-state index contributed by atoms with van der Waals surface area (Å²) in [6.07, 6.45) is 8.89. The molecule has 2 N–H and O–H groups in total. The second kappa shape index (κ2) is 20.7. The first-order chi connectivity index (χ1) is 33.8. The molecule has 0 aliphatic heterocycles. The quantitative estimate of drug-likeness (QED) is 0.113. The van der Waals surface area contributed by atoms with Gasteiger partial charge >= 0.3 is 0 Å². The number of rotatable bonds is 12. The average molecular weight is 971 g/mol. The van der Waals surface area contributed by atoms with Crippen LogP contribution in [0.3, 0.4) is 0 Å². The fourth-order valence-corrected chi connectivity index (χ4v) is 10.8. The SMILES string of the molecule is O=S(=O)(c1ccc(Oc2ccc(C#CC3(O)CCCCC3)cc2)cc1)c1ccc(Oc2ccc(Oc3ccc(S(=O)(=O)c4ccc(Oc5cccc(C#CC6(O)CCCCC6)c5)cc4)cc3)cc2)cc1. The van der Waals surface area contributed by atoms with Crippen LogP contribution >= 0.6 is 0 Å². The van der Waals surface area contributed by atoms with Gasteiger partial charge in [-0.15, -0.1) is 0 Å². The third-order valence-electron chi connectivity index (χ3n) is 12.2. The zero-order chi connectivity index (χ0) is 48.6. The van der Waals surface area contributed by atoms with Gasteiger partial charge in [0, 0.05) is 11.1 Å². The van der Waals surface area contributed by atoms with Crippen LogP contribution in [0.4, 0.5) is 0 Å². The van der Waals surface area contributed by atoms with Crippen LogP contribution < -0.4 is 18.9 Å². The van der Waals surface area contributed by atoms with Crippen LogP contribution in [-0.4, -0.2) is 38.3 Å². The molecule has 0 spiro atoms. The van der Waals surface area contributed by atoms with Gasteiger partial charge in [0.2, 0.25) is 19.7 Å². The zero-order valence-corrected chi connectivity index (χ0v) is 39.8. The summed E-state index contributed by atoms with van der Waals surface area (Å²) in [6.45, 7) is 0. The first kappa shape index (κ1) is 47.7. The molecule has 0 aromatic heterocycles. The molecule has 2 saturated carbocycles. The third kappa shape index (κ3) is 11.9. The summed E-state index contributed by atoms with van der Waals surface area (Å²) in [4.78, 5) is 0.419. The van der Waals surface area contributed by atoms with Crippen LogP contribution in [0.25, 0.3) is 0 Å². The highest BCUT2D eigenvalue weighted by molar-refractivity contribution is 7.91. The number of ether oxygens (including phenoxy) is 4. The molecular formula is C58H50O10S2. The Labute approximate surface area is 409 Å². The largest absolute Gasteiger partial charge is 0.457 e. The van der Waals surface area contributed by atoms with E-state index in [-0.39, 0.29) is 19.6 Å². The molecule has 0 radical (unpaired) electrons. The van der Waals surface area contributed by atoms with Crippen LogP contribution in [0, 0.1) is 23.7 Å². The Kier molecular flexibility index (Phi) is 14.1. The molecule has 0 saturated heterocycles. The first-order valence-electron chi connectivity index (χ1n) is 23.2. The van der Waals surface area contributed by atoms with E-state index in [1.165, 1.54) is 48.5 Å². The van der Waals surface area contributed by atoms with E-state index in [0.717, 1.165) is 49.7 Å². The molecule has 7 aromatic carbocycles. The Bertz CT molecular complexity index is 3280. The maximum absolute atomic E-state index is 13.5. The van der Waals surface area contributed by atoms with Crippen LogP contribution in [0.15, 0.2) is 189 Å². The van der Waals surface area contributed by atoms with Gasteiger partial charge in [-0.25, -0.2) is 16.8 Å². The number of hydrogen-bond acceptors (Lipinski definition) is 10. The standard InChI is InChI=1S/C58H50O10S2/c59-57(36-3-1-4-37-57)40-34-43-10-12-45(13-11-43)65-48-18-26-53(27-19-48)69(61,62)54-28-20-49(21-29-54)66-46-14-16-47(17-15-46)67-50-22-30-55(31-23-50)70(63,64)56-32-24-51(25-33-56)68-52-9-7-8-44(42-52)35-41-58(60)38-5-2-6-39-58/h7-33,42,59-60H,1-6,36-39H2. The van der Waals surface area contributed by atoms with Crippen molar-refractivity contribution >= 4 is 19.7 Å². The van der Waals surface area contributed by atoms with Gasteiger partial charge in [-0.2, -0.15) is 0 Å². The highest BCUT2D eigenvalue weighted by Gasteiger charge is 2.28. The topological polar surface area (TPSA) is 146 Å². The van der Waals surface area contributed by atoms with Gasteiger partial charge in [0.05, 0.1) is 19.6 Å². The second-order valence-corrected chi connectivity index (χ2v) is 21.4. The molecule has 0 amide bonds. The minimum absolute atomic E-state index is 0.0990. The predicted octanol–water partition coefficient (Wildman–Crippen LogP) is 12.6. The van der Waals surface area contributed by atoms with Crippen molar-refractivity contribution in [3.05, 3.63) is 181 Å². The van der Waals surface area contributed by atoms with Gasteiger partial charge < -0.3 is 29.2 Å². The van der Waals surface area contributed by atoms with E-state index in [4.69, 9.17) is 18.9 Å². The Morgan fingerprint density at radius 3 is 0.971 bits per heavy atom. The molecule has 2 aliphatic rings. The predicted molar refractivity (Wildman–Crippen MR) is 266 cm³/mol. The van der Waals surface area contributed by atoms with Crippen LogP contribution in [0.1, 0.15) is 75.3 Å². The van der Waals surface area contributed by atoms with Gasteiger partial charge in [0.25, 0.3) is 0 Å². The lowest BCUT2D eigenvalue weighted by molar-refractivity contribution is 0.0606. The summed E-state index contributed by atoms with van der Waals surface area (Å²) < 4.78 is 77.9. The summed E-state index contributed by atoms with van der Waals surface area (Å²) >= 11 is 0. The van der Waals surface area contributed by atoms with Crippen LogP contribution in [0.2, 0.25) is 0 Å². The molecule has 0 unspecified atom stereocenters. The lowest BCUT2D eigenvalue weighted by atomic mass is 9.85. The highest BCUT2D eigenvalue weighted by Crippen LogP contribution is 2.33. The van der Waals surface area contributed by atoms with Gasteiger partial charge in [-0.1, -0.05) is 42.6 Å². The van der Waals surface area contributed by atoms with E-state index >= 15 is 0 Å². The molecule has 2 aliphatic carbocycles. The van der Waals surface area contributed by atoms with E-state index in [1.54, 1.807) is 97.1 Å². The Balaban J connectivity index is 0.752. The van der Waals surface area contributed by atoms with Gasteiger partial charge in [-0.3, -0.25) is 0 Å². The smallest absolute Gasteiger partial charge is 0.206 e. The van der Waals surface area contributed by atoms with Crippen molar-refractivity contribution in [2.75, 3.05) is 0 Å². The molecular weight excluding hydrogens is 921 g/mol. The van der Waals surface area contributed by atoms with Crippen molar-refractivity contribution in [2.45, 2.75) is 95.0 Å². The molecule has 0 bridgehead atoms. The molecule has 7 aromatic rings. The zero-order valence-electron chi connectivity index (χ0n) is 38.2. The lowest BCUT2D eigenvalue weighted by Gasteiger charge is -2.26. The van der Waals surface area contributed by atoms with Gasteiger partial charge in [0.1, 0.15) is 57.2 Å². The molecule has 70 heavy (non-hydrogen) atoms. The van der Waals surface area contributed by atoms with Crippen molar-refractivity contribution in [2.24, 2.45) is 0 Å². The number of aliphatic hydroxyl groups is 2. The number of hydrogen-bond donors (Lipinski definition) is 2. The second-order valence-electron chi connectivity index (χ2n) is 17.5. The first-order valence-corrected chi connectivity index (χ1v) is 26.2. The molecule has 12 heteroatoms. The van der Waals surface area contributed by atoms with E-state index in [0.29, 0.717) is 71.7 Å². The fraction of sp³-hybridized carbons (Fsp3) is 0.207. The number of benzene rings is 7. The van der Waals surface area contributed by atoms with Gasteiger partial charge in [-0.05, 0) is 215 Å². The maximum atomic E-state index is 13.5. The monoisotopic (exact) mass is 970 g/mol. The Hall–Kier alpha value is -7.32. The van der Waals surface area contributed by atoms with E-state index in [9.17, 15) is 27.0 Å². The van der Waals surface area contributed by atoms with Crippen LogP contribution in [-0.2, 0) is 19.7 Å². The van der Waals surface area contributed by atoms with Crippen molar-refractivity contribution in [1.29, 1.82) is 0 Å². The lowest BCUT2D eigenvalue weighted by Crippen LogP contribution is -2.29. The van der Waals surface area contributed by atoms with Crippen molar-refractivity contribution in [1.82, 2.24) is 0 Å². The van der Waals surface area contributed by atoms with Crippen molar-refractivity contribution < 1.29 is 46.0 Å². The fourth-order valence-electron chi connectivity index (χ4n) is 8.28. The van der Waals surface area contributed by atoms with E-state index < -0.39 is 30.9 Å². The van der Waals surface area contributed by atoms with E-state index in [1.807, 2.05) is 24.3 Å². The average Bonchev–Trinajstić information content (AvgIpc) is 3.37. The Morgan fingerprint density at radius 2 is 0.629 bits per heavy atom. The molecule has 354 valence electrons. The summed E-state index contributed by atoms with van der Waals surface area (Å²) in [7, 11) is -7.68. The summed E-state index contributed by atoms with van der Waals surface area (Å²) in [5, 5.41) is 21.4. The molecule has 0 heterocycles. The normalized spacial score (nSPS) is 15.2. The Morgan fingerprint density at radius 1 is 0.343 bits per heavy atom. The van der Waals surface area contributed by atoms with Gasteiger partial charge in [0.15, 0.2) is 0 Å². The van der Waals surface area contributed by atoms with Crippen LogP contribution in [0.5, 0.6) is 46.0 Å². The highest BCUT2D eigenvalue weighted by atomic mass is 32.2. The minimum Gasteiger partial charge on any atom is -0.457 e. The third-order valence-corrected chi connectivity index (χ3v) is 15.8. The summed E-state index contributed by atoms with van der Waals surface area (Å²) in [6, 6.07) is 46.0. The van der Waals surface area contributed by atoms with E-state index in [2.05, 4.69) is 23.7 Å². The maximum Gasteiger partial charge on any atom is 0.206 e. The summed E-state index contributed by atoms with van der Waals surface area (Å²) in [5.74, 6) is 16.1. The molecule has 10 nitrogen and oxygen atoms in total. The minimum atomic E-state index is -3.84. The molecule has 9 rings (SSSR count). The van der Waals surface area contributed by atoms with Crippen molar-refractivity contribution in [3.8, 4) is 69.7 Å².